The van der Waals surface area contributed by atoms with Gasteiger partial charge < -0.3 is 14.9 Å². The summed E-state index contributed by atoms with van der Waals surface area (Å²) in [4.78, 5) is 0. The van der Waals surface area contributed by atoms with Crippen molar-refractivity contribution in [3.05, 3.63) is 12.7 Å². The zero-order valence-electron chi connectivity index (χ0n) is 9.79. The van der Waals surface area contributed by atoms with Crippen molar-refractivity contribution in [2.45, 2.75) is 19.4 Å². The van der Waals surface area contributed by atoms with Crippen molar-refractivity contribution in [2.75, 3.05) is 40.3 Å². The van der Waals surface area contributed by atoms with E-state index in [1.54, 1.807) is 0 Å². The van der Waals surface area contributed by atoms with Crippen LogP contribution in [0.3, 0.4) is 0 Å². The Hall–Kier alpha value is -0.380. The third-order valence-corrected chi connectivity index (χ3v) is 2.16. The van der Waals surface area contributed by atoms with Crippen LogP contribution >= 0.6 is 0 Å². The Balaban J connectivity index is 3.49. The second-order valence-electron chi connectivity index (χ2n) is 4.54. The molecule has 0 aliphatic rings. The second-order valence-corrected chi connectivity index (χ2v) is 4.54. The summed E-state index contributed by atoms with van der Waals surface area (Å²) in [6.07, 6.45) is 2.79. The standard InChI is InChI=1S/C11H25N2O/c1-5-7-12-8-6-9-13(3,4)10-11(2)14/h5,11-12,14H,1,6-10H2,2-4H3/q+1. The van der Waals surface area contributed by atoms with Crippen LogP contribution in [-0.2, 0) is 0 Å². The van der Waals surface area contributed by atoms with Gasteiger partial charge in [0.15, 0.2) is 0 Å². The van der Waals surface area contributed by atoms with Crippen molar-refractivity contribution in [1.29, 1.82) is 0 Å². The van der Waals surface area contributed by atoms with Crippen molar-refractivity contribution in [2.24, 2.45) is 0 Å². The molecule has 1 atom stereocenters. The summed E-state index contributed by atoms with van der Waals surface area (Å²) in [6.45, 7) is 9.30. The fraction of sp³-hybridized carbons (Fsp3) is 0.818. The lowest BCUT2D eigenvalue weighted by Crippen LogP contribution is -2.45. The van der Waals surface area contributed by atoms with E-state index in [1.807, 2.05) is 13.0 Å². The largest absolute Gasteiger partial charge is 0.388 e. The molecule has 0 aromatic carbocycles. The molecule has 84 valence electrons. The monoisotopic (exact) mass is 201 g/mol. The molecule has 0 amide bonds. The fourth-order valence-electron chi connectivity index (χ4n) is 1.64. The Bertz CT molecular complexity index is 155. The molecule has 0 spiro atoms. The topological polar surface area (TPSA) is 32.3 Å². The summed E-state index contributed by atoms with van der Waals surface area (Å²) in [5.74, 6) is 0. The Morgan fingerprint density at radius 1 is 1.50 bits per heavy atom. The number of nitrogens with zero attached hydrogens (tertiary/aromatic N) is 1. The molecule has 1 unspecified atom stereocenters. The van der Waals surface area contributed by atoms with Gasteiger partial charge in [-0.25, -0.2) is 0 Å². The number of rotatable bonds is 8. The molecule has 0 aromatic heterocycles. The third-order valence-electron chi connectivity index (χ3n) is 2.16. The Morgan fingerprint density at radius 3 is 2.64 bits per heavy atom. The van der Waals surface area contributed by atoms with Crippen molar-refractivity contribution < 1.29 is 9.59 Å². The maximum atomic E-state index is 9.28. The molecule has 3 nitrogen and oxygen atoms in total. The first-order valence-electron chi connectivity index (χ1n) is 5.29. The van der Waals surface area contributed by atoms with Gasteiger partial charge in [-0.3, -0.25) is 0 Å². The van der Waals surface area contributed by atoms with E-state index in [9.17, 15) is 5.11 Å². The molecule has 0 saturated carbocycles. The molecule has 0 rings (SSSR count). The van der Waals surface area contributed by atoms with Crippen molar-refractivity contribution >= 4 is 0 Å². The minimum Gasteiger partial charge on any atom is -0.388 e. The summed E-state index contributed by atoms with van der Waals surface area (Å²) in [6, 6.07) is 0. The number of aliphatic hydroxyl groups excluding tert-OH is 1. The normalized spacial score (nSPS) is 14.0. The van der Waals surface area contributed by atoms with Gasteiger partial charge in [0, 0.05) is 19.5 Å². The molecule has 0 bridgehead atoms. The fourth-order valence-corrected chi connectivity index (χ4v) is 1.64. The molecule has 0 aliphatic heterocycles. The summed E-state index contributed by atoms with van der Waals surface area (Å²) >= 11 is 0. The average Bonchev–Trinajstić information content (AvgIpc) is 2.01. The van der Waals surface area contributed by atoms with Crippen LogP contribution in [0.25, 0.3) is 0 Å². The molecule has 0 heterocycles. The van der Waals surface area contributed by atoms with E-state index < -0.39 is 0 Å². The van der Waals surface area contributed by atoms with Gasteiger partial charge in [-0.05, 0) is 6.92 Å². The maximum absolute atomic E-state index is 9.28. The smallest absolute Gasteiger partial charge is 0.104 e. The van der Waals surface area contributed by atoms with E-state index in [4.69, 9.17) is 0 Å². The molecule has 14 heavy (non-hydrogen) atoms. The van der Waals surface area contributed by atoms with Crippen molar-refractivity contribution in [3.8, 4) is 0 Å². The lowest BCUT2D eigenvalue weighted by Gasteiger charge is -2.31. The molecule has 0 aromatic rings. The van der Waals surface area contributed by atoms with Gasteiger partial charge in [-0.2, -0.15) is 0 Å². The first-order valence-corrected chi connectivity index (χ1v) is 5.29. The van der Waals surface area contributed by atoms with Gasteiger partial charge >= 0.3 is 0 Å². The van der Waals surface area contributed by atoms with E-state index >= 15 is 0 Å². The predicted molar refractivity (Wildman–Crippen MR) is 61.2 cm³/mol. The van der Waals surface area contributed by atoms with Crippen LogP contribution in [0.2, 0.25) is 0 Å². The van der Waals surface area contributed by atoms with Crippen molar-refractivity contribution in [3.63, 3.8) is 0 Å². The number of hydrogen-bond acceptors (Lipinski definition) is 2. The molecular weight excluding hydrogens is 176 g/mol. The van der Waals surface area contributed by atoms with Gasteiger partial charge in [0.05, 0.1) is 20.6 Å². The van der Waals surface area contributed by atoms with Gasteiger partial charge in [0.25, 0.3) is 0 Å². The van der Waals surface area contributed by atoms with Gasteiger partial charge in [0.1, 0.15) is 12.6 Å². The van der Waals surface area contributed by atoms with Crippen LogP contribution in [0.5, 0.6) is 0 Å². The predicted octanol–water partition coefficient (Wildman–Crippen LogP) is 0.609. The number of nitrogens with one attached hydrogen (secondary N) is 1. The molecule has 0 fully saturated rings. The molecule has 0 saturated heterocycles. The second kappa shape index (κ2) is 6.98. The maximum Gasteiger partial charge on any atom is 0.104 e. The lowest BCUT2D eigenvalue weighted by molar-refractivity contribution is -0.893. The summed E-state index contributed by atoms with van der Waals surface area (Å²) in [7, 11) is 4.31. The minimum absolute atomic E-state index is 0.217. The number of hydrogen-bond donors (Lipinski definition) is 2. The molecule has 0 radical (unpaired) electrons. The van der Waals surface area contributed by atoms with Crippen molar-refractivity contribution in [1.82, 2.24) is 5.32 Å². The van der Waals surface area contributed by atoms with E-state index in [2.05, 4.69) is 26.0 Å². The highest BCUT2D eigenvalue weighted by molar-refractivity contribution is 4.69. The lowest BCUT2D eigenvalue weighted by atomic mass is 10.3. The van der Waals surface area contributed by atoms with Gasteiger partial charge in [-0.1, -0.05) is 6.08 Å². The van der Waals surface area contributed by atoms with Gasteiger partial charge in [-0.15, -0.1) is 6.58 Å². The average molecular weight is 201 g/mol. The third kappa shape index (κ3) is 8.23. The summed E-state index contributed by atoms with van der Waals surface area (Å²) in [5.41, 5.74) is 0. The summed E-state index contributed by atoms with van der Waals surface area (Å²) < 4.78 is 0.882. The highest BCUT2D eigenvalue weighted by Gasteiger charge is 2.16. The number of quaternary nitrogens is 1. The Morgan fingerprint density at radius 2 is 2.14 bits per heavy atom. The highest BCUT2D eigenvalue weighted by Crippen LogP contribution is 2.00. The number of aliphatic hydroxyl groups is 1. The Labute approximate surface area is 88.0 Å². The first-order chi connectivity index (χ1) is 6.48. The van der Waals surface area contributed by atoms with Crippen LogP contribution < -0.4 is 5.32 Å². The van der Waals surface area contributed by atoms with Crippen LogP contribution in [0.1, 0.15) is 13.3 Å². The molecular formula is C11H25N2O+. The van der Waals surface area contributed by atoms with E-state index in [0.29, 0.717) is 0 Å². The zero-order chi connectivity index (χ0) is 11.0. The quantitative estimate of drug-likeness (QED) is 0.343. The highest BCUT2D eigenvalue weighted by atomic mass is 16.3. The van der Waals surface area contributed by atoms with Crippen LogP contribution in [-0.4, -0.2) is 56.0 Å². The Kier molecular flexibility index (Phi) is 6.79. The molecule has 2 N–H and O–H groups in total. The van der Waals surface area contributed by atoms with E-state index in [-0.39, 0.29) is 6.10 Å². The van der Waals surface area contributed by atoms with E-state index in [0.717, 1.165) is 37.1 Å². The van der Waals surface area contributed by atoms with Crippen LogP contribution in [0.15, 0.2) is 12.7 Å². The van der Waals surface area contributed by atoms with Crippen LogP contribution in [0.4, 0.5) is 0 Å². The first kappa shape index (κ1) is 13.6. The van der Waals surface area contributed by atoms with E-state index in [1.165, 1.54) is 0 Å². The van der Waals surface area contributed by atoms with Crippen LogP contribution in [0, 0.1) is 0 Å². The summed E-state index contributed by atoms with van der Waals surface area (Å²) in [5, 5.41) is 12.6. The zero-order valence-corrected chi connectivity index (χ0v) is 9.79. The number of likely N-dealkylation sites (N-methyl/N-ethyl adjacent to an activating group) is 1. The molecule has 3 heteroatoms. The SMILES string of the molecule is C=CCNCCC[N+](C)(C)CC(C)O. The van der Waals surface area contributed by atoms with Gasteiger partial charge in [0.2, 0.25) is 0 Å². The minimum atomic E-state index is -0.217. The molecule has 0 aliphatic carbocycles.